The molecule has 2 N–H and O–H groups in total. The van der Waals surface area contributed by atoms with Crippen LogP contribution in [0, 0.1) is 17.4 Å². The predicted octanol–water partition coefficient (Wildman–Crippen LogP) is 3.56. The number of carbonyl (C=O) groups excluding carboxylic acids is 1. The molecular weight excluding hydrogens is 475 g/mol. The van der Waals surface area contributed by atoms with E-state index in [4.69, 9.17) is 17.0 Å². The molecule has 0 bridgehead atoms. The number of thiocarbonyl (C=S) groups is 1. The van der Waals surface area contributed by atoms with Gasteiger partial charge < -0.3 is 19.9 Å². The first-order valence-corrected chi connectivity index (χ1v) is 10.3. The molecular formula is C19H23IN4O2S. The lowest BCUT2D eigenvalue weighted by Gasteiger charge is -2.28. The maximum atomic E-state index is 11.5. The number of aromatic nitrogens is 2. The Bertz CT molecular complexity index is 840. The Kier molecular flexibility index (Phi) is 6.36. The summed E-state index contributed by atoms with van der Waals surface area (Å²) in [7, 11) is 1.42. The molecule has 0 saturated carbocycles. The van der Waals surface area contributed by atoms with Gasteiger partial charge in [-0.3, -0.25) is 9.78 Å². The van der Waals surface area contributed by atoms with Gasteiger partial charge in [0.05, 0.1) is 24.9 Å². The lowest BCUT2D eigenvalue weighted by atomic mass is 9.96. The van der Waals surface area contributed by atoms with Crippen LogP contribution in [0.3, 0.4) is 0 Å². The Morgan fingerprint density at radius 3 is 2.74 bits per heavy atom. The van der Waals surface area contributed by atoms with Gasteiger partial charge in [-0.05, 0) is 67.2 Å². The van der Waals surface area contributed by atoms with Crippen molar-refractivity contribution in [3.63, 3.8) is 0 Å². The summed E-state index contributed by atoms with van der Waals surface area (Å²) < 4.78 is 5.97. The number of H-pyrrole nitrogens is 1. The number of rotatable bonds is 6. The summed E-state index contributed by atoms with van der Waals surface area (Å²) in [6.45, 7) is 4.85. The number of hydrogen-bond donors (Lipinski definition) is 2. The summed E-state index contributed by atoms with van der Waals surface area (Å²) in [5, 5.41) is 4.14. The first-order valence-electron chi connectivity index (χ1n) is 8.83. The van der Waals surface area contributed by atoms with Crippen LogP contribution in [0.4, 0.5) is 0 Å². The van der Waals surface area contributed by atoms with Crippen LogP contribution in [-0.4, -0.2) is 39.6 Å². The lowest BCUT2D eigenvalue weighted by Crippen LogP contribution is -2.31. The number of halogens is 1. The highest BCUT2D eigenvalue weighted by Crippen LogP contribution is 2.42. The number of carbonyl (C=O) groups is 1. The fourth-order valence-electron chi connectivity index (χ4n) is 3.58. The molecule has 2 aromatic rings. The summed E-state index contributed by atoms with van der Waals surface area (Å²) >= 11 is 8.05. The summed E-state index contributed by atoms with van der Waals surface area (Å²) in [6.07, 6.45) is 2.86. The van der Waals surface area contributed by atoms with Crippen LogP contribution >= 0.6 is 34.8 Å². The maximum absolute atomic E-state index is 11.5. The van der Waals surface area contributed by atoms with E-state index >= 15 is 0 Å². The smallest absolute Gasteiger partial charge is 0.305 e. The number of ether oxygens (including phenoxy) is 1. The Labute approximate surface area is 178 Å². The monoisotopic (exact) mass is 498 g/mol. The van der Waals surface area contributed by atoms with Gasteiger partial charge in [-0.15, -0.1) is 0 Å². The molecule has 6 nitrogen and oxygen atoms in total. The molecule has 3 heterocycles. The number of aryl methyl sites for hydroxylation is 2. The van der Waals surface area contributed by atoms with Crippen molar-refractivity contribution >= 4 is 45.9 Å². The molecule has 1 saturated heterocycles. The van der Waals surface area contributed by atoms with E-state index in [1.54, 1.807) is 6.20 Å². The molecule has 0 unspecified atom stereocenters. The van der Waals surface area contributed by atoms with E-state index in [0.29, 0.717) is 24.5 Å². The predicted molar refractivity (Wildman–Crippen MR) is 116 cm³/mol. The van der Waals surface area contributed by atoms with E-state index in [1.807, 2.05) is 18.2 Å². The molecule has 0 aliphatic carbocycles. The van der Waals surface area contributed by atoms with E-state index < -0.39 is 0 Å². The quantitative estimate of drug-likeness (QED) is 0.361. The van der Waals surface area contributed by atoms with Crippen LogP contribution in [-0.2, 0) is 9.53 Å². The SMILES string of the molecule is COC(=O)CCCN1C(=S)N[C@@H](c2ccccn2)[C@@H]1c1c(C)[nH]c(C)c1I. The third-order valence-corrected chi connectivity index (χ3v) is 6.59. The van der Waals surface area contributed by atoms with Gasteiger partial charge >= 0.3 is 5.97 Å². The minimum absolute atomic E-state index is 0.0156. The molecule has 1 fully saturated rings. The molecule has 0 amide bonds. The first-order chi connectivity index (χ1) is 12.9. The Morgan fingerprint density at radius 2 is 2.15 bits per heavy atom. The van der Waals surface area contributed by atoms with Crippen molar-refractivity contribution in [2.75, 3.05) is 13.7 Å². The van der Waals surface area contributed by atoms with Crippen LogP contribution in [0.15, 0.2) is 24.4 Å². The van der Waals surface area contributed by atoms with Crippen LogP contribution in [0.2, 0.25) is 0 Å². The van der Waals surface area contributed by atoms with E-state index in [2.05, 4.69) is 56.6 Å². The highest BCUT2D eigenvalue weighted by Gasteiger charge is 2.41. The van der Waals surface area contributed by atoms with Gasteiger partial charge in [-0.25, -0.2) is 0 Å². The third kappa shape index (κ3) is 4.11. The number of nitrogens with one attached hydrogen (secondary N) is 2. The van der Waals surface area contributed by atoms with Gasteiger partial charge in [0.15, 0.2) is 5.11 Å². The highest BCUT2D eigenvalue weighted by molar-refractivity contribution is 14.1. The summed E-state index contributed by atoms with van der Waals surface area (Å²) in [5.41, 5.74) is 4.46. The largest absolute Gasteiger partial charge is 0.469 e. The van der Waals surface area contributed by atoms with Crippen molar-refractivity contribution in [3.8, 4) is 0 Å². The Balaban J connectivity index is 1.96. The molecule has 0 aromatic carbocycles. The van der Waals surface area contributed by atoms with Crippen molar-refractivity contribution < 1.29 is 9.53 Å². The summed E-state index contributed by atoms with van der Waals surface area (Å²) in [4.78, 5) is 21.7. The summed E-state index contributed by atoms with van der Waals surface area (Å²) in [6, 6.07) is 5.90. The average molecular weight is 498 g/mol. The molecule has 0 radical (unpaired) electrons. The zero-order chi connectivity index (χ0) is 19.6. The molecule has 1 aliphatic heterocycles. The second kappa shape index (κ2) is 8.55. The van der Waals surface area contributed by atoms with Crippen LogP contribution < -0.4 is 5.32 Å². The van der Waals surface area contributed by atoms with Crippen LogP contribution in [0.5, 0.6) is 0 Å². The number of methoxy groups -OCH3 is 1. The van der Waals surface area contributed by atoms with Crippen molar-refractivity contribution in [1.82, 2.24) is 20.2 Å². The molecule has 144 valence electrons. The zero-order valence-corrected chi connectivity index (χ0v) is 18.6. The zero-order valence-electron chi connectivity index (χ0n) is 15.6. The van der Waals surface area contributed by atoms with Crippen molar-refractivity contribution in [1.29, 1.82) is 0 Å². The first kappa shape index (κ1) is 20.1. The highest BCUT2D eigenvalue weighted by atomic mass is 127. The molecule has 27 heavy (non-hydrogen) atoms. The van der Waals surface area contributed by atoms with Gasteiger partial charge in [0.2, 0.25) is 0 Å². The molecule has 1 aliphatic rings. The van der Waals surface area contributed by atoms with Crippen molar-refractivity contribution in [2.24, 2.45) is 0 Å². The normalized spacial score (nSPS) is 19.3. The van der Waals surface area contributed by atoms with E-state index in [9.17, 15) is 4.79 Å². The second-order valence-electron chi connectivity index (χ2n) is 6.60. The fourth-order valence-corrected chi connectivity index (χ4v) is 4.77. The molecule has 8 heteroatoms. The molecule has 2 atom stereocenters. The molecule has 3 rings (SSSR count). The molecule has 0 spiro atoms. The van der Waals surface area contributed by atoms with Crippen LogP contribution in [0.1, 0.15) is 47.6 Å². The standard InChI is InChI=1S/C19H23IN4O2S/c1-11-15(16(20)12(2)22-11)18-17(13-7-4-5-9-21-13)23-19(27)24(18)10-6-8-14(25)26-3/h4-5,7,9,17-18,22H,6,8,10H2,1-3H3,(H,23,27)/t17-,18-/m0/s1. The van der Waals surface area contributed by atoms with Gasteiger partial charge in [-0.1, -0.05) is 6.07 Å². The van der Waals surface area contributed by atoms with E-state index in [-0.39, 0.29) is 18.1 Å². The van der Waals surface area contributed by atoms with Gasteiger partial charge in [-0.2, -0.15) is 0 Å². The lowest BCUT2D eigenvalue weighted by molar-refractivity contribution is -0.140. The topological polar surface area (TPSA) is 70.2 Å². The Morgan fingerprint density at radius 1 is 1.37 bits per heavy atom. The van der Waals surface area contributed by atoms with Gasteiger partial charge in [0.25, 0.3) is 0 Å². The number of esters is 1. The van der Waals surface area contributed by atoms with Gasteiger partial charge in [0.1, 0.15) is 0 Å². The summed E-state index contributed by atoms with van der Waals surface area (Å²) in [5.74, 6) is -0.200. The average Bonchev–Trinajstić information content (AvgIpc) is 3.11. The van der Waals surface area contributed by atoms with Crippen molar-refractivity contribution in [3.05, 3.63) is 50.6 Å². The second-order valence-corrected chi connectivity index (χ2v) is 8.07. The number of pyridine rings is 1. The minimum atomic E-state index is -0.200. The number of nitrogens with zero attached hydrogens (tertiary/aromatic N) is 2. The van der Waals surface area contributed by atoms with Crippen LogP contribution in [0.25, 0.3) is 0 Å². The third-order valence-electron chi connectivity index (χ3n) is 4.85. The Hall–Kier alpha value is -1.68. The maximum Gasteiger partial charge on any atom is 0.305 e. The number of aromatic amines is 1. The fraction of sp³-hybridized carbons (Fsp3) is 0.421. The number of hydrogen-bond acceptors (Lipinski definition) is 4. The van der Waals surface area contributed by atoms with E-state index in [0.717, 1.165) is 17.1 Å². The van der Waals surface area contributed by atoms with E-state index in [1.165, 1.54) is 16.2 Å². The van der Waals surface area contributed by atoms with Crippen molar-refractivity contribution in [2.45, 2.75) is 38.8 Å². The minimum Gasteiger partial charge on any atom is -0.469 e. The van der Waals surface area contributed by atoms with Gasteiger partial charge in [0, 0.05) is 39.7 Å². The molecule has 2 aromatic heterocycles.